The van der Waals surface area contributed by atoms with Crippen LogP contribution in [0.25, 0.3) is 0 Å². The number of hydrogen-bond acceptors (Lipinski definition) is 7. The van der Waals surface area contributed by atoms with Crippen molar-refractivity contribution in [2.24, 2.45) is 5.92 Å². The molecule has 6 rings (SSSR count). The van der Waals surface area contributed by atoms with Gasteiger partial charge in [-0.3, -0.25) is 9.59 Å². The van der Waals surface area contributed by atoms with Gasteiger partial charge in [-0.25, -0.2) is 9.69 Å². The van der Waals surface area contributed by atoms with Crippen molar-refractivity contribution in [2.45, 2.75) is 36.9 Å². The fourth-order valence-electron chi connectivity index (χ4n) is 5.46. The summed E-state index contributed by atoms with van der Waals surface area (Å²) in [5.74, 6) is -1.31. The molecule has 2 heterocycles. The van der Waals surface area contributed by atoms with Gasteiger partial charge in [0.15, 0.2) is 6.29 Å². The van der Waals surface area contributed by atoms with Gasteiger partial charge in [-0.2, -0.15) is 0 Å². The van der Waals surface area contributed by atoms with Crippen LogP contribution in [0.3, 0.4) is 0 Å². The molecule has 1 fully saturated rings. The minimum absolute atomic E-state index is 0.0607. The standard InChI is InChI=1S/C34H29NO7S/c1-20-28(19-43-29-9-5-4-8-27(29)33(39)40)41-34(42-30(20)22-12-10-21(18-36)11-13-22)23-14-16-24(17-15-23)35-31(37)25-6-2-3-7-26(25)32(35)38/h2-17,20,28,30,34,36H,18-19H2,1H3,(H,39,40)/t20-,28+,30+,34+/m1/s1. The molecule has 0 aromatic heterocycles. The molecule has 0 aliphatic carbocycles. The van der Waals surface area contributed by atoms with Gasteiger partial charge in [-0.1, -0.05) is 67.6 Å². The monoisotopic (exact) mass is 595 g/mol. The van der Waals surface area contributed by atoms with Crippen LogP contribution in [0.5, 0.6) is 0 Å². The lowest BCUT2D eigenvalue weighted by Gasteiger charge is -2.41. The molecule has 43 heavy (non-hydrogen) atoms. The van der Waals surface area contributed by atoms with Crippen LogP contribution >= 0.6 is 11.8 Å². The Hall–Kier alpha value is -4.28. The van der Waals surface area contributed by atoms with E-state index in [1.54, 1.807) is 66.7 Å². The van der Waals surface area contributed by atoms with Gasteiger partial charge in [0.1, 0.15) is 0 Å². The molecule has 0 bridgehead atoms. The van der Waals surface area contributed by atoms with E-state index < -0.39 is 12.3 Å². The molecule has 2 N–H and O–H groups in total. The average Bonchev–Trinajstić information content (AvgIpc) is 3.30. The molecule has 2 aliphatic heterocycles. The van der Waals surface area contributed by atoms with Crippen molar-refractivity contribution in [2.75, 3.05) is 10.7 Å². The van der Waals surface area contributed by atoms with Crippen LogP contribution in [0, 0.1) is 5.92 Å². The van der Waals surface area contributed by atoms with Gasteiger partial charge < -0.3 is 19.7 Å². The number of carbonyl (C=O) groups excluding carboxylic acids is 2. The topological polar surface area (TPSA) is 113 Å². The first kappa shape index (κ1) is 28.8. The zero-order chi connectivity index (χ0) is 30.1. The van der Waals surface area contributed by atoms with E-state index in [1.807, 2.05) is 37.3 Å². The number of anilines is 1. The number of fused-ring (bicyclic) bond motifs is 1. The summed E-state index contributed by atoms with van der Waals surface area (Å²) in [4.78, 5) is 39.5. The van der Waals surface area contributed by atoms with Crippen LogP contribution in [0.15, 0.2) is 102 Å². The Balaban J connectivity index is 1.26. The Labute approximate surface area is 252 Å². The second-order valence-corrected chi connectivity index (χ2v) is 11.6. The number of thioether (sulfide) groups is 1. The second-order valence-electron chi connectivity index (χ2n) is 10.5. The van der Waals surface area contributed by atoms with E-state index in [-0.39, 0.29) is 42.1 Å². The number of nitrogens with zero attached hydrogens (tertiary/aromatic N) is 1. The lowest BCUT2D eigenvalue weighted by atomic mass is 9.91. The first-order chi connectivity index (χ1) is 20.9. The van der Waals surface area contributed by atoms with Gasteiger partial charge in [0.05, 0.1) is 41.2 Å². The minimum atomic E-state index is -0.984. The fraction of sp³-hybridized carbons (Fsp3) is 0.206. The predicted molar refractivity (Wildman–Crippen MR) is 161 cm³/mol. The van der Waals surface area contributed by atoms with E-state index in [4.69, 9.17) is 9.47 Å². The number of carbonyl (C=O) groups is 3. The van der Waals surface area contributed by atoms with E-state index in [0.717, 1.165) is 11.1 Å². The fourth-order valence-corrected chi connectivity index (χ4v) is 6.67. The molecular weight excluding hydrogens is 566 g/mol. The van der Waals surface area contributed by atoms with Gasteiger partial charge in [0.2, 0.25) is 0 Å². The van der Waals surface area contributed by atoms with E-state index in [1.165, 1.54) is 16.7 Å². The van der Waals surface area contributed by atoms with Gasteiger partial charge in [0.25, 0.3) is 11.8 Å². The largest absolute Gasteiger partial charge is 0.478 e. The normalized spacial score (nSPS) is 21.6. The Bertz CT molecular complexity index is 1640. The highest BCUT2D eigenvalue weighted by atomic mass is 32.2. The second kappa shape index (κ2) is 12.1. The van der Waals surface area contributed by atoms with Crippen LogP contribution in [0.1, 0.15) is 67.1 Å². The third-order valence-electron chi connectivity index (χ3n) is 7.86. The number of carboxylic acid groups (broad SMARTS) is 1. The molecule has 0 radical (unpaired) electrons. The molecular formula is C34H29NO7S. The summed E-state index contributed by atoms with van der Waals surface area (Å²) in [6.07, 6.45) is -1.40. The van der Waals surface area contributed by atoms with Crippen LogP contribution in [0.2, 0.25) is 0 Å². The SMILES string of the molecule is C[C@@H]1[C@H](CSc2ccccc2C(=O)O)O[C@H](c2ccc(N3C(=O)c4ccccc4C3=O)cc2)O[C@@H]1c1ccc(CO)cc1. The van der Waals surface area contributed by atoms with Gasteiger partial charge in [0, 0.05) is 22.1 Å². The third-order valence-corrected chi connectivity index (χ3v) is 9.02. The Morgan fingerprint density at radius 1 is 0.814 bits per heavy atom. The predicted octanol–water partition coefficient (Wildman–Crippen LogP) is 6.26. The number of amides is 2. The quantitative estimate of drug-likeness (QED) is 0.181. The molecule has 2 amide bonds. The van der Waals surface area contributed by atoms with E-state index >= 15 is 0 Å². The molecule has 1 saturated heterocycles. The number of ether oxygens (including phenoxy) is 2. The maximum Gasteiger partial charge on any atom is 0.336 e. The molecule has 0 saturated carbocycles. The van der Waals surface area contributed by atoms with E-state index in [2.05, 4.69) is 0 Å². The summed E-state index contributed by atoms with van der Waals surface area (Å²) in [6.45, 7) is 1.98. The summed E-state index contributed by atoms with van der Waals surface area (Å²) in [5.41, 5.74) is 3.89. The van der Waals surface area contributed by atoms with E-state index in [9.17, 15) is 24.6 Å². The number of carboxylic acids is 1. The Morgan fingerprint density at radius 2 is 1.42 bits per heavy atom. The van der Waals surface area contributed by atoms with Crippen molar-refractivity contribution in [3.8, 4) is 0 Å². The van der Waals surface area contributed by atoms with Crippen LogP contribution in [-0.2, 0) is 16.1 Å². The maximum atomic E-state index is 13.0. The van der Waals surface area contributed by atoms with Gasteiger partial charge in [-0.15, -0.1) is 11.8 Å². The molecule has 4 aromatic rings. The van der Waals surface area contributed by atoms with Crippen molar-refractivity contribution in [1.82, 2.24) is 0 Å². The number of imide groups is 1. The number of rotatable bonds is 8. The summed E-state index contributed by atoms with van der Waals surface area (Å²) in [7, 11) is 0. The number of hydrogen-bond donors (Lipinski definition) is 2. The zero-order valence-corrected chi connectivity index (χ0v) is 24.1. The van der Waals surface area contributed by atoms with Crippen molar-refractivity contribution < 1.29 is 34.1 Å². The molecule has 8 nitrogen and oxygen atoms in total. The Kier molecular flexibility index (Phi) is 8.14. The van der Waals surface area contributed by atoms with Crippen LogP contribution in [-0.4, -0.2) is 39.9 Å². The smallest absolute Gasteiger partial charge is 0.336 e. The highest BCUT2D eigenvalue weighted by molar-refractivity contribution is 7.99. The van der Waals surface area contributed by atoms with E-state index in [0.29, 0.717) is 33.0 Å². The summed E-state index contributed by atoms with van der Waals surface area (Å²) < 4.78 is 13.0. The van der Waals surface area contributed by atoms with Crippen molar-refractivity contribution in [3.63, 3.8) is 0 Å². The van der Waals surface area contributed by atoms with Crippen LogP contribution < -0.4 is 4.90 Å². The first-order valence-electron chi connectivity index (χ1n) is 13.9. The summed E-state index contributed by atoms with van der Waals surface area (Å²) in [6, 6.07) is 28.2. The lowest BCUT2D eigenvalue weighted by molar-refractivity contribution is -0.268. The molecule has 218 valence electrons. The van der Waals surface area contributed by atoms with Crippen molar-refractivity contribution in [3.05, 3.63) is 130 Å². The molecule has 9 heteroatoms. The number of aromatic carboxylic acids is 1. The average molecular weight is 596 g/mol. The lowest BCUT2D eigenvalue weighted by Crippen LogP contribution is -2.38. The number of aliphatic hydroxyl groups is 1. The molecule has 2 aliphatic rings. The van der Waals surface area contributed by atoms with Crippen molar-refractivity contribution in [1.29, 1.82) is 0 Å². The molecule has 4 atom stereocenters. The number of benzene rings is 4. The Morgan fingerprint density at radius 3 is 2.05 bits per heavy atom. The molecule has 0 unspecified atom stereocenters. The van der Waals surface area contributed by atoms with Gasteiger partial charge in [-0.05, 0) is 47.5 Å². The van der Waals surface area contributed by atoms with Crippen LogP contribution in [0.4, 0.5) is 5.69 Å². The first-order valence-corrected chi connectivity index (χ1v) is 14.9. The van der Waals surface area contributed by atoms with Gasteiger partial charge >= 0.3 is 5.97 Å². The van der Waals surface area contributed by atoms with Crippen molar-refractivity contribution >= 4 is 35.2 Å². The summed E-state index contributed by atoms with van der Waals surface area (Å²) in [5, 5.41) is 19.1. The zero-order valence-electron chi connectivity index (χ0n) is 23.3. The minimum Gasteiger partial charge on any atom is -0.478 e. The highest BCUT2D eigenvalue weighted by Gasteiger charge is 2.39. The molecule has 0 spiro atoms. The maximum absolute atomic E-state index is 13.0. The summed E-state index contributed by atoms with van der Waals surface area (Å²) >= 11 is 1.42. The highest BCUT2D eigenvalue weighted by Crippen LogP contribution is 2.43. The third kappa shape index (κ3) is 5.60. The molecule has 4 aromatic carbocycles. The number of aliphatic hydroxyl groups excluding tert-OH is 1.